The van der Waals surface area contributed by atoms with Crippen molar-refractivity contribution in [3.8, 4) is 0 Å². The maximum atomic E-state index is 13.2. The molecule has 0 radical (unpaired) electrons. The van der Waals surface area contributed by atoms with E-state index in [1.54, 1.807) is 0 Å². The van der Waals surface area contributed by atoms with Crippen molar-refractivity contribution in [2.45, 2.75) is 24.9 Å². The molecule has 1 atom stereocenters. The van der Waals surface area contributed by atoms with Gasteiger partial charge in [-0.25, -0.2) is 4.39 Å². The van der Waals surface area contributed by atoms with Crippen LogP contribution in [0.4, 0.5) is 22.0 Å². The van der Waals surface area contributed by atoms with Crippen LogP contribution in [0.1, 0.15) is 0 Å². The Balaban J connectivity index is 5.33. The minimum absolute atomic E-state index is 3.03. The minimum atomic E-state index is -5.20. The lowest BCUT2D eigenvalue weighted by molar-refractivity contribution is -0.323. The second-order valence-corrected chi connectivity index (χ2v) is 6.99. The molecule has 0 aromatic heterocycles. The first-order chi connectivity index (χ1) is 7.46. The van der Waals surface area contributed by atoms with Gasteiger partial charge in [-0.05, 0) is 11.6 Å². The monoisotopic (exact) mass is 416 g/mol. The summed E-state index contributed by atoms with van der Waals surface area (Å²) in [7, 11) is 0. The Morgan fingerprint density at radius 2 is 0.944 bits per heavy atom. The fourth-order valence-electron chi connectivity index (χ4n) is 0.448. The summed E-state index contributed by atoms with van der Waals surface area (Å²) in [6, 6.07) is 0. The Bertz CT molecular complexity index is 308. The van der Waals surface area contributed by atoms with Gasteiger partial charge in [0.25, 0.3) is 8.92 Å². The summed E-state index contributed by atoms with van der Waals surface area (Å²) in [5, 5.41) is -4.52. The summed E-state index contributed by atoms with van der Waals surface area (Å²) in [4.78, 5) is 0. The molecule has 0 heterocycles. The lowest BCUT2D eigenvalue weighted by Gasteiger charge is -2.36. The van der Waals surface area contributed by atoms with E-state index in [1.807, 2.05) is 0 Å². The fourth-order valence-corrected chi connectivity index (χ4v) is 0.919. The molecule has 0 aliphatic carbocycles. The first-order valence-corrected chi connectivity index (χ1v) is 6.07. The van der Waals surface area contributed by atoms with Crippen molar-refractivity contribution in [1.29, 1.82) is 0 Å². The smallest absolute Gasteiger partial charge is 0.262 e. The van der Waals surface area contributed by atoms with E-state index in [0.717, 1.165) is 0 Å². The summed E-state index contributed by atoms with van der Waals surface area (Å²) in [5.74, 6) is 0. The lowest BCUT2D eigenvalue weighted by atomic mass is 10.4. The van der Waals surface area contributed by atoms with Crippen LogP contribution in [0.3, 0.4) is 0 Å². The molecule has 0 saturated heterocycles. The molecule has 0 amide bonds. The van der Waals surface area contributed by atoms with Crippen LogP contribution in [0.25, 0.3) is 0 Å². The van der Waals surface area contributed by atoms with E-state index in [-0.39, 0.29) is 0 Å². The molecule has 0 rings (SSSR count). The number of alkyl halides is 12. The molecule has 110 valence electrons. The summed E-state index contributed by atoms with van der Waals surface area (Å²) in [5.41, 5.74) is 0. The van der Waals surface area contributed by atoms with Crippen molar-refractivity contribution in [1.82, 2.24) is 0 Å². The zero-order valence-electron chi connectivity index (χ0n) is 7.44. The molecule has 0 N–H and O–H groups in total. The first kappa shape index (κ1) is 19.6. The molecule has 0 aliphatic rings. The highest BCUT2D eigenvalue weighted by atomic mass is 35.5. The van der Waals surface area contributed by atoms with Gasteiger partial charge in [-0.3, -0.25) is 4.74 Å². The van der Waals surface area contributed by atoms with Gasteiger partial charge in [0.15, 0.2) is 0 Å². The summed E-state index contributed by atoms with van der Waals surface area (Å²) in [6.45, 7) is 0. The molecule has 1 unspecified atom stereocenters. The molecule has 0 spiro atoms. The predicted octanol–water partition coefficient (Wildman–Crippen LogP) is 5.83. The van der Waals surface area contributed by atoms with Gasteiger partial charge in [0, 0.05) is 0 Å². The third-order valence-electron chi connectivity index (χ3n) is 1.31. The standard InChI is InChI=1S/C5Cl7F5O/c6-1(7,2(8,9)13)5(16,17)18-4(12,15)3(10,11)14. The average Bonchev–Trinajstić information content (AvgIpc) is 1.96. The summed E-state index contributed by atoms with van der Waals surface area (Å²) < 4.78 is 56.0. The molecule has 13 heteroatoms. The largest absolute Gasteiger partial charge is 0.398 e. The molecule has 1 nitrogen and oxygen atoms in total. The van der Waals surface area contributed by atoms with Crippen molar-refractivity contribution < 1.29 is 26.7 Å². The average molecular weight is 419 g/mol. The van der Waals surface area contributed by atoms with E-state index in [0.29, 0.717) is 0 Å². The quantitative estimate of drug-likeness (QED) is 0.402. The predicted molar refractivity (Wildman–Crippen MR) is 61.3 cm³/mol. The van der Waals surface area contributed by atoms with Crippen LogP contribution in [-0.4, -0.2) is 24.9 Å². The molecule has 0 bridgehead atoms. The molecule has 0 aliphatic heterocycles. The second-order valence-electron chi connectivity index (χ2n) is 2.71. The Labute approximate surface area is 132 Å². The topological polar surface area (TPSA) is 9.23 Å². The third kappa shape index (κ3) is 4.07. The number of halogens is 12. The molecular weight excluding hydrogens is 419 g/mol. The third-order valence-corrected chi connectivity index (χ3v) is 4.24. The number of hydrogen-bond acceptors (Lipinski definition) is 1. The molecular formula is C5Cl7F5O. The summed E-state index contributed by atoms with van der Waals surface area (Å²) in [6.07, 6.45) is -5.20. The Kier molecular flexibility index (Phi) is 5.94. The van der Waals surface area contributed by atoms with E-state index < -0.39 is 24.9 Å². The zero-order valence-corrected chi connectivity index (χ0v) is 12.7. The van der Waals surface area contributed by atoms with Crippen LogP contribution in [0.5, 0.6) is 0 Å². The summed E-state index contributed by atoms with van der Waals surface area (Å²) >= 11 is 32.2. The van der Waals surface area contributed by atoms with Gasteiger partial charge in [-0.15, -0.1) is 0 Å². The Hall–Kier alpha value is 1.64. The van der Waals surface area contributed by atoms with E-state index >= 15 is 0 Å². The van der Waals surface area contributed by atoms with Crippen LogP contribution >= 0.6 is 81.2 Å². The first-order valence-electron chi connectivity index (χ1n) is 3.43. The van der Waals surface area contributed by atoms with Gasteiger partial charge < -0.3 is 0 Å². The Morgan fingerprint density at radius 3 is 1.17 bits per heavy atom. The lowest BCUT2D eigenvalue weighted by Crippen LogP contribution is -2.55. The molecule has 0 fully saturated rings. The van der Waals surface area contributed by atoms with Crippen molar-refractivity contribution in [3.05, 3.63) is 0 Å². The normalized spacial score (nSPS) is 18.7. The Morgan fingerprint density at radius 1 is 0.611 bits per heavy atom. The van der Waals surface area contributed by atoms with E-state index in [1.165, 1.54) is 0 Å². The van der Waals surface area contributed by atoms with Gasteiger partial charge >= 0.3 is 16.0 Å². The number of hydrogen-bond donors (Lipinski definition) is 0. The van der Waals surface area contributed by atoms with Gasteiger partial charge in [0.2, 0.25) is 0 Å². The highest BCUT2D eigenvalue weighted by Gasteiger charge is 2.71. The highest BCUT2D eigenvalue weighted by molar-refractivity contribution is 6.62. The highest BCUT2D eigenvalue weighted by Crippen LogP contribution is 2.56. The van der Waals surface area contributed by atoms with E-state index in [9.17, 15) is 22.0 Å². The molecule has 0 saturated carbocycles. The second kappa shape index (κ2) is 5.44. The van der Waals surface area contributed by atoms with E-state index in [2.05, 4.69) is 62.7 Å². The SMILES string of the molecule is FC(Cl)(Cl)C(F)(Cl)OC(F)(F)C(Cl)(Cl)C(F)(Cl)Cl. The van der Waals surface area contributed by atoms with Gasteiger partial charge in [0.1, 0.15) is 0 Å². The van der Waals surface area contributed by atoms with Crippen LogP contribution in [-0.2, 0) is 4.74 Å². The minimum Gasteiger partial charge on any atom is -0.262 e. The molecule has 0 aromatic rings. The van der Waals surface area contributed by atoms with Crippen LogP contribution < -0.4 is 0 Å². The number of ether oxygens (including phenoxy) is 1. The van der Waals surface area contributed by atoms with Crippen LogP contribution in [0.15, 0.2) is 0 Å². The maximum Gasteiger partial charge on any atom is 0.398 e. The number of rotatable bonds is 5. The molecule has 18 heavy (non-hydrogen) atoms. The maximum absolute atomic E-state index is 13.2. The van der Waals surface area contributed by atoms with Gasteiger partial charge in [0.05, 0.1) is 0 Å². The van der Waals surface area contributed by atoms with Crippen LogP contribution in [0.2, 0.25) is 0 Å². The zero-order chi connectivity index (χ0) is 15.2. The van der Waals surface area contributed by atoms with Gasteiger partial charge in [-0.1, -0.05) is 69.6 Å². The van der Waals surface area contributed by atoms with Crippen molar-refractivity contribution >= 4 is 81.2 Å². The van der Waals surface area contributed by atoms with Crippen molar-refractivity contribution in [2.75, 3.05) is 0 Å². The van der Waals surface area contributed by atoms with E-state index in [4.69, 9.17) is 23.2 Å². The molecule has 0 aromatic carbocycles. The fraction of sp³-hybridized carbons (Fsp3) is 1.00. The van der Waals surface area contributed by atoms with Crippen molar-refractivity contribution in [2.24, 2.45) is 0 Å². The van der Waals surface area contributed by atoms with Crippen LogP contribution in [0, 0.1) is 0 Å². The van der Waals surface area contributed by atoms with Crippen molar-refractivity contribution in [3.63, 3.8) is 0 Å². The van der Waals surface area contributed by atoms with Gasteiger partial charge in [-0.2, -0.15) is 17.6 Å².